The van der Waals surface area contributed by atoms with Crippen molar-refractivity contribution in [1.29, 1.82) is 0 Å². The number of para-hydroxylation sites is 4. The second-order valence-corrected chi connectivity index (χ2v) is 28.2. The number of hydrogen-bond donors (Lipinski definition) is 2. The third-order valence-electron chi connectivity index (χ3n) is 18.6. The lowest BCUT2D eigenvalue weighted by atomic mass is 9.81. The number of carbonyl (C=O) groups excluding carboxylic acids is 1. The van der Waals surface area contributed by atoms with Crippen molar-refractivity contribution in [1.82, 2.24) is 5.32 Å². The summed E-state index contributed by atoms with van der Waals surface area (Å²) in [5.41, 5.74) is 25.8. The van der Waals surface area contributed by atoms with Gasteiger partial charge in [0, 0.05) is 112 Å². The highest BCUT2D eigenvalue weighted by Crippen LogP contribution is 2.50. The van der Waals surface area contributed by atoms with Crippen molar-refractivity contribution in [2.24, 2.45) is 5.73 Å². The topological polar surface area (TPSA) is 76.9 Å². The van der Waals surface area contributed by atoms with Gasteiger partial charge in [-0.2, -0.15) is 9.15 Å². The SMILES string of the molecule is Br.CCC[N+]1=C(C=CC2=C(Cl)C(=CC=C3N(CCCN)c4ccccc4C3(C)C)CCC2)C(C)(C)c2ccccc21.CCC[N+]1=C(C=CC2=C(Cl)C(=CC=C3N(CCCNC(=O)OC(C)(C)C)c4ccccc4C3(C)C)CCC2)C(C)(C)c2ccccc21.[Br-].[Br-]. The monoisotopic (exact) mass is 1450 g/mol. The highest BCUT2D eigenvalue weighted by Gasteiger charge is 2.46. The number of nitrogens with two attached hydrogens (primary N) is 1. The van der Waals surface area contributed by atoms with Crippen LogP contribution in [0.15, 0.2) is 189 Å². The average Bonchev–Trinajstić information content (AvgIpc) is 1.68. The van der Waals surface area contributed by atoms with E-state index in [-0.39, 0.29) is 78.7 Å². The molecule has 4 aromatic rings. The Morgan fingerprint density at radius 2 is 0.956 bits per heavy atom. The maximum atomic E-state index is 12.2. The Bertz CT molecular complexity index is 3580. The van der Waals surface area contributed by atoms with Gasteiger partial charge in [-0.05, 0) is 164 Å². The molecule has 3 N–H and O–H groups in total. The number of hydrogen-bond acceptors (Lipinski definition) is 5. The summed E-state index contributed by atoms with van der Waals surface area (Å²) in [6, 6.07) is 35.1. The summed E-state index contributed by atoms with van der Waals surface area (Å²) in [6.45, 7) is 33.7. The number of rotatable bonds is 17. The first-order valence-corrected chi connectivity index (χ1v) is 33.1. The molecule has 0 atom stereocenters. The van der Waals surface area contributed by atoms with Crippen LogP contribution in [0.3, 0.4) is 0 Å². The Morgan fingerprint density at radius 3 is 1.36 bits per heavy atom. The van der Waals surface area contributed by atoms with Crippen molar-refractivity contribution >= 4 is 80.4 Å². The van der Waals surface area contributed by atoms with E-state index >= 15 is 0 Å². The zero-order chi connectivity index (χ0) is 62.5. The molecule has 8 nitrogen and oxygen atoms in total. The molecule has 6 aliphatic rings. The van der Waals surface area contributed by atoms with E-state index in [1.165, 1.54) is 90.1 Å². The normalized spacial score (nSPS) is 20.3. The fraction of sp³-hybridized carbons (Fsp3) is 0.442. The Labute approximate surface area is 581 Å². The van der Waals surface area contributed by atoms with Crippen LogP contribution >= 0.6 is 40.2 Å². The summed E-state index contributed by atoms with van der Waals surface area (Å²) in [7, 11) is 0. The maximum Gasteiger partial charge on any atom is 0.407 e. The zero-order valence-corrected chi connectivity index (χ0v) is 62.2. The fourth-order valence-electron chi connectivity index (χ4n) is 14.1. The first-order chi connectivity index (χ1) is 41.5. The minimum atomic E-state index is -0.511. The second kappa shape index (κ2) is 31.3. The number of allylic oxidation sites excluding steroid dienone is 16. The third-order valence-corrected chi connectivity index (χ3v) is 19.6. The van der Waals surface area contributed by atoms with Crippen molar-refractivity contribution in [3.05, 3.63) is 212 Å². The maximum absolute atomic E-state index is 12.2. The van der Waals surface area contributed by atoms with Gasteiger partial charge >= 0.3 is 6.09 Å². The quantitative estimate of drug-likeness (QED) is 0.0814. The van der Waals surface area contributed by atoms with E-state index in [9.17, 15) is 4.79 Å². The lowest BCUT2D eigenvalue weighted by Gasteiger charge is -2.27. The smallest absolute Gasteiger partial charge is 0.407 e. The van der Waals surface area contributed by atoms with Crippen LogP contribution in [0, 0.1) is 0 Å². The Hall–Kier alpha value is -5.01. The molecule has 1 amide bonds. The minimum absolute atomic E-state index is 0. The summed E-state index contributed by atoms with van der Waals surface area (Å²) in [6.07, 6.45) is 28.0. The molecule has 0 fully saturated rings. The lowest BCUT2D eigenvalue weighted by molar-refractivity contribution is -0.437. The molecular formula is C77H99Br3Cl2N6O2. The highest BCUT2D eigenvalue weighted by atomic mass is 79.9. The Balaban J connectivity index is 0.000000280. The Kier molecular flexibility index (Phi) is 25.7. The van der Waals surface area contributed by atoms with Crippen LogP contribution < -0.4 is 54.8 Å². The zero-order valence-electron chi connectivity index (χ0n) is 55.8. The van der Waals surface area contributed by atoms with Crippen molar-refractivity contribution in [3.8, 4) is 0 Å². The highest BCUT2D eigenvalue weighted by molar-refractivity contribution is 8.93. The largest absolute Gasteiger partial charge is 1.00 e. The number of carbonyl (C=O) groups is 1. The van der Waals surface area contributed by atoms with Crippen molar-refractivity contribution in [2.45, 2.75) is 181 Å². The molecule has 0 spiro atoms. The van der Waals surface area contributed by atoms with Gasteiger partial charge in [0.25, 0.3) is 0 Å². The number of ether oxygens (including phenoxy) is 1. The second-order valence-electron chi connectivity index (χ2n) is 27.4. The molecule has 0 unspecified atom stereocenters. The third kappa shape index (κ3) is 15.6. The van der Waals surface area contributed by atoms with Crippen LogP contribution in [0.1, 0.15) is 176 Å². The fourth-order valence-corrected chi connectivity index (χ4v) is 14.7. The number of halogens is 5. The molecule has 0 bridgehead atoms. The van der Waals surface area contributed by atoms with E-state index in [1.807, 2.05) is 20.8 Å². The van der Waals surface area contributed by atoms with Crippen LogP contribution in [-0.2, 0) is 26.4 Å². The van der Waals surface area contributed by atoms with Gasteiger partial charge in [-0.25, -0.2) is 4.79 Å². The van der Waals surface area contributed by atoms with Gasteiger partial charge in [-0.1, -0.05) is 162 Å². The number of alkyl carbamates (subject to hydrolysis) is 1. The van der Waals surface area contributed by atoms with E-state index in [1.54, 1.807) is 0 Å². The van der Waals surface area contributed by atoms with Gasteiger partial charge in [-0.3, -0.25) is 0 Å². The summed E-state index contributed by atoms with van der Waals surface area (Å²) < 4.78 is 10.4. The molecule has 0 saturated carbocycles. The summed E-state index contributed by atoms with van der Waals surface area (Å²) >= 11 is 14.3. The first-order valence-electron chi connectivity index (χ1n) is 32.3. The van der Waals surface area contributed by atoms with E-state index < -0.39 is 5.60 Å². The molecule has 10 rings (SSSR count). The molecule has 4 heterocycles. The number of nitrogens with one attached hydrogen (secondary N) is 1. The van der Waals surface area contributed by atoms with Gasteiger partial charge in [0.15, 0.2) is 11.4 Å². The van der Waals surface area contributed by atoms with Crippen molar-refractivity contribution < 1.29 is 52.6 Å². The molecular weight excluding hydrogens is 1350 g/mol. The van der Waals surface area contributed by atoms with Gasteiger partial charge in [-0.15, -0.1) is 17.0 Å². The van der Waals surface area contributed by atoms with E-state index in [0.29, 0.717) is 13.1 Å². The van der Waals surface area contributed by atoms with E-state index in [0.717, 1.165) is 100 Å². The predicted molar refractivity (Wildman–Crippen MR) is 380 cm³/mol. The number of amides is 1. The molecule has 484 valence electrons. The molecule has 2 aliphatic carbocycles. The first kappa shape index (κ1) is 74.0. The van der Waals surface area contributed by atoms with Gasteiger partial charge in [0.05, 0.1) is 10.8 Å². The number of anilines is 2. The van der Waals surface area contributed by atoms with E-state index in [4.69, 9.17) is 33.7 Å². The summed E-state index contributed by atoms with van der Waals surface area (Å²) in [5, 5.41) is 4.71. The summed E-state index contributed by atoms with van der Waals surface area (Å²) in [4.78, 5) is 17.1. The van der Waals surface area contributed by atoms with Crippen molar-refractivity contribution in [3.63, 3.8) is 0 Å². The van der Waals surface area contributed by atoms with Crippen LogP contribution in [-0.4, -0.2) is 71.5 Å². The van der Waals surface area contributed by atoms with Crippen LogP contribution in [0.25, 0.3) is 0 Å². The number of fused-ring (bicyclic) bond motifs is 4. The standard InChI is InChI=1S/C41H52ClN3O2.C36H45ClN3.3BrH/c1-9-27-44-33-20-12-10-18-31(33)40(5,6)35(44)24-22-29-16-14-17-30(37(29)42)23-25-36-41(7,8)32-19-11-13-21-34(32)45(36)28-15-26-43-38(46)47-39(2,3)4;1-6-24-39-30-17-9-7-15-28(30)35(2,3)32(39)21-19-26-13-11-14-27(34(26)37)20-22-33-36(4,5)29-16-8-10-18-31(29)40(33)25-12-23-38;;;/h10-13,18-25H,9,14-17,26-28H2,1-8H3;7-10,15-22H,6,11-14,23-25,38H2,1-5H3;3*1H/q;+1;;;/p-1. The number of nitrogens with zero attached hydrogens (tertiary/aromatic N) is 4. The van der Waals surface area contributed by atoms with Gasteiger partial charge < -0.3 is 59.6 Å². The van der Waals surface area contributed by atoms with Gasteiger partial charge in [0.1, 0.15) is 18.7 Å². The molecule has 4 aliphatic heterocycles. The molecule has 90 heavy (non-hydrogen) atoms. The molecule has 0 saturated heterocycles. The van der Waals surface area contributed by atoms with Crippen LogP contribution in [0.2, 0.25) is 0 Å². The molecule has 0 radical (unpaired) electrons. The molecule has 4 aromatic carbocycles. The molecule has 13 heteroatoms. The predicted octanol–water partition coefficient (Wildman–Crippen LogP) is 13.5. The number of benzene rings is 4. The van der Waals surface area contributed by atoms with Crippen molar-refractivity contribution in [2.75, 3.05) is 49.1 Å². The lowest BCUT2D eigenvalue weighted by Crippen LogP contribution is -3.00. The molecule has 0 aromatic heterocycles. The van der Waals surface area contributed by atoms with Crippen LogP contribution in [0.5, 0.6) is 0 Å². The Morgan fingerprint density at radius 1 is 0.567 bits per heavy atom. The van der Waals surface area contributed by atoms with Crippen LogP contribution in [0.4, 0.5) is 27.5 Å². The van der Waals surface area contributed by atoms with Gasteiger partial charge in [0.2, 0.25) is 11.4 Å². The average molecular weight is 1450 g/mol. The summed E-state index contributed by atoms with van der Waals surface area (Å²) in [5.74, 6) is 0. The minimum Gasteiger partial charge on any atom is -1.00 e. The van der Waals surface area contributed by atoms with E-state index in [2.05, 4.69) is 239 Å².